The Morgan fingerprint density at radius 3 is 2.55 bits per heavy atom. The highest BCUT2D eigenvalue weighted by molar-refractivity contribution is 6.46. The van der Waals surface area contributed by atoms with E-state index >= 15 is 0 Å². The highest BCUT2D eigenvalue weighted by Gasteiger charge is 2.31. The number of Topliss-reactive ketones (excluding diaryl/α,β-unsaturated/α-hetero) is 1. The van der Waals surface area contributed by atoms with Gasteiger partial charge in [0.15, 0.2) is 0 Å². The zero-order chi connectivity index (χ0) is 22.5. The van der Waals surface area contributed by atoms with Crippen LogP contribution in [0.4, 0.5) is 0 Å². The molecule has 1 aromatic rings. The Labute approximate surface area is 178 Å². The quantitative estimate of drug-likeness (QED) is 0.372. The minimum Gasteiger partial charge on any atom is -0.481 e. The van der Waals surface area contributed by atoms with Crippen LogP contribution in [0.1, 0.15) is 41.6 Å². The van der Waals surface area contributed by atoms with Gasteiger partial charge in [-0.25, -0.2) is 4.79 Å². The van der Waals surface area contributed by atoms with E-state index in [2.05, 4.69) is 15.6 Å². The molecule has 2 heterocycles. The Kier molecular flexibility index (Phi) is 6.81. The molecule has 1 unspecified atom stereocenters. The normalized spacial score (nSPS) is 18.7. The maximum Gasteiger partial charge on any atom is 0.326 e. The van der Waals surface area contributed by atoms with Crippen LogP contribution in [0.3, 0.4) is 0 Å². The monoisotopic (exact) mass is 428 g/mol. The number of ketones is 1. The van der Waals surface area contributed by atoms with Gasteiger partial charge in [0, 0.05) is 29.7 Å². The van der Waals surface area contributed by atoms with Crippen LogP contribution in [0.5, 0.6) is 0 Å². The summed E-state index contributed by atoms with van der Waals surface area (Å²) in [6.07, 6.45) is 0.716. The molecule has 1 amide bonds. The lowest BCUT2D eigenvalue weighted by molar-refractivity contribution is -0.140. The van der Waals surface area contributed by atoms with Crippen molar-refractivity contribution in [2.45, 2.75) is 44.3 Å². The Hall–Kier alpha value is -3.53. The van der Waals surface area contributed by atoms with Crippen molar-refractivity contribution < 1.29 is 29.4 Å². The summed E-state index contributed by atoms with van der Waals surface area (Å²) >= 11 is 0. The molecule has 10 heteroatoms. The number of nitrogens with zero attached hydrogens (tertiary/aromatic N) is 1. The van der Waals surface area contributed by atoms with Gasteiger partial charge in [-0.15, -0.1) is 0 Å². The van der Waals surface area contributed by atoms with E-state index in [4.69, 9.17) is 15.9 Å². The van der Waals surface area contributed by atoms with Gasteiger partial charge in [0.2, 0.25) is 5.78 Å². The summed E-state index contributed by atoms with van der Waals surface area (Å²) in [6, 6.07) is 5.30. The molecule has 2 atom stereocenters. The molecule has 2 aliphatic rings. The minimum atomic E-state index is -1.29. The third-order valence-corrected chi connectivity index (χ3v) is 5.23. The number of aliphatic carboxylic acids is 2. The van der Waals surface area contributed by atoms with Crippen LogP contribution in [0, 0.1) is 0 Å². The summed E-state index contributed by atoms with van der Waals surface area (Å²) in [5.41, 5.74) is 9.02. The summed E-state index contributed by atoms with van der Waals surface area (Å²) in [4.78, 5) is 51.1. The van der Waals surface area contributed by atoms with Crippen LogP contribution in [-0.2, 0) is 20.8 Å². The first-order valence-electron chi connectivity index (χ1n) is 9.91. The van der Waals surface area contributed by atoms with Crippen LogP contribution >= 0.6 is 0 Å². The molecule has 164 valence electrons. The molecule has 0 bridgehead atoms. The third-order valence-electron chi connectivity index (χ3n) is 5.23. The number of carboxylic acids is 2. The summed E-state index contributed by atoms with van der Waals surface area (Å²) in [6.45, 7) is 0.426. The molecule has 0 aliphatic carbocycles. The SMILES string of the molecule is NC1CC2=C(CN=C(CCc3ccc(C(=O)N[C@@H](CCC(=O)O)C(=O)O)cc3)C2=O)N1. The second-order valence-corrected chi connectivity index (χ2v) is 7.50. The summed E-state index contributed by atoms with van der Waals surface area (Å²) in [5.74, 6) is -3.09. The lowest BCUT2D eigenvalue weighted by Crippen LogP contribution is -2.41. The van der Waals surface area contributed by atoms with Crippen molar-refractivity contribution in [3.05, 3.63) is 46.7 Å². The van der Waals surface area contributed by atoms with E-state index in [9.17, 15) is 19.2 Å². The molecule has 31 heavy (non-hydrogen) atoms. The molecule has 0 aromatic heterocycles. The smallest absolute Gasteiger partial charge is 0.326 e. The van der Waals surface area contributed by atoms with Crippen molar-refractivity contribution >= 4 is 29.3 Å². The van der Waals surface area contributed by atoms with Gasteiger partial charge in [-0.1, -0.05) is 12.1 Å². The van der Waals surface area contributed by atoms with Gasteiger partial charge in [0.05, 0.1) is 18.4 Å². The molecule has 3 rings (SSSR count). The number of carboxylic acid groups (broad SMARTS) is 2. The Balaban J connectivity index is 1.54. The number of amides is 1. The van der Waals surface area contributed by atoms with E-state index < -0.39 is 23.9 Å². The highest BCUT2D eigenvalue weighted by Crippen LogP contribution is 2.23. The van der Waals surface area contributed by atoms with Gasteiger partial charge in [-0.05, 0) is 37.0 Å². The molecule has 10 nitrogen and oxygen atoms in total. The van der Waals surface area contributed by atoms with Crippen LogP contribution in [0.15, 0.2) is 40.5 Å². The summed E-state index contributed by atoms with van der Waals surface area (Å²) in [5, 5.41) is 23.2. The van der Waals surface area contributed by atoms with Crippen LogP contribution in [0.2, 0.25) is 0 Å². The Bertz CT molecular complexity index is 967. The highest BCUT2D eigenvalue weighted by atomic mass is 16.4. The molecule has 6 N–H and O–H groups in total. The Morgan fingerprint density at radius 2 is 1.90 bits per heavy atom. The largest absolute Gasteiger partial charge is 0.481 e. The van der Waals surface area contributed by atoms with Crippen LogP contribution < -0.4 is 16.4 Å². The number of nitrogens with one attached hydrogen (secondary N) is 2. The molecular formula is C21H24N4O6. The van der Waals surface area contributed by atoms with Gasteiger partial charge >= 0.3 is 11.9 Å². The van der Waals surface area contributed by atoms with Gasteiger partial charge in [0.25, 0.3) is 5.91 Å². The van der Waals surface area contributed by atoms with Gasteiger partial charge in [-0.2, -0.15) is 0 Å². The maximum atomic E-state index is 12.5. The van der Waals surface area contributed by atoms with Crippen LogP contribution in [0.25, 0.3) is 0 Å². The number of hydrogen-bond donors (Lipinski definition) is 5. The first kappa shape index (κ1) is 22.2. The lowest BCUT2D eigenvalue weighted by atomic mass is 9.96. The van der Waals surface area contributed by atoms with Gasteiger partial charge < -0.3 is 26.6 Å². The number of aryl methyl sites for hydroxylation is 1. The summed E-state index contributed by atoms with van der Waals surface area (Å²) in [7, 11) is 0. The first-order chi connectivity index (χ1) is 14.7. The number of nitrogens with two attached hydrogens (primary N) is 1. The fourth-order valence-corrected chi connectivity index (χ4v) is 3.54. The number of benzene rings is 1. The second kappa shape index (κ2) is 9.52. The van der Waals surface area contributed by atoms with Crippen molar-refractivity contribution in [2.75, 3.05) is 6.54 Å². The van der Waals surface area contributed by atoms with E-state index in [1.807, 2.05) is 0 Å². The number of aliphatic imine (C=N–C) groups is 1. The number of rotatable bonds is 9. The van der Waals surface area contributed by atoms with Crippen LogP contribution in [-0.4, -0.2) is 58.3 Å². The molecule has 2 aliphatic heterocycles. The van der Waals surface area contributed by atoms with Gasteiger partial charge in [0.1, 0.15) is 6.04 Å². The third kappa shape index (κ3) is 5.54. The first-order valence-corrected chi connectivity index (χ1v) is 9.91. The fraction of sp³-hybridized carbons (Fsp3) is 0.381. The standard InChI is InChI=1S/C21H24N4O6/c22-17-9-13-16(24-17)10-23-14(19(13)28)6-3-11-1-4-12(5-2-11)20(29)25-15(21(30)31)7-8-18(26)27/h1-2,4-5,15,17,24H,3,6-10,22H2,(H,25,29)(H,26,27)(H,30,31)/t15-,17?/m0/s1. The predicted octanol–water partition coefficient (Wildman–Crippen LogP) is 0.223. The molecule has 0 fully saturated rings. The topological polar surface area (TPSA) is 171 Å². The van der Waals surface area contributed by atoms with E-state index in [0.717, 1.165) is 11.3 Å². The van der Waals surface area contributed by atoms with E-state index in [0.29, 0.717) is 37.1 Å². The average molecular weight is 428 g/mol. The molecule has 0 radical (unpaired) electrons. The van der Waals surface area contributed by atoms with Crippen molar-refractivity contribution in [3.63, 3.8) is 0 Å². The molecular weight excluding hydrogens is 404 g/mol. The number of hydrogen-bond acceptors (Lipinski definition) is 7. The molecule has 1 aromatic carbocycles. The zero-order valence-corrected chi connectivity index (χ0v) is 16.8. The average Bonchev–Trinajstić information content (AvgIpc) is 3.11. The number of dihydropyridines is 1. The minimum absolute atomic E-state index is 0.0706. The number of carbonyl (C=O) groups excluding carboxylic acids is 2. The van der Waals surface area contributed by atoms with Gasteiger partial charge in [-0.3, -0.25) is 19.4 Å². The number of carbonyl (C=O) groups is 4. The van der Waals surface area contributed by atoms with Crippen molar-refractivity contribution in [2.24, 2.45) is 10.7 Å². The fourth-order valence-electron chi connectivity index (χ4n) is 3.54. The van der Waals surface area contributed by atoms with Crippen molar-refractivity contribution in [3.8, 4) is 0 Å². The zero-order valence-electron chi connectivity index (χ0n) is 16.8. The lowest BCUT2D eigenvalue weighted by Gasteiger charge is -2.14. The second-order valence-electron chi connectivity index (χ2n) is 7.50. The molecule has 0 saturated heterocycles. The van der Waals surface area contributed by atoms with Crippen molar-refractivity contribution in [1.82, 2.24) is 10.6 Å². The van der Waals surface area contributed by atoms with E-state index in [-0.39, 0.29) is 30.4 Å². The van der Waals surface area contributed by atoms with Crippen molar-refractivity contribution in [1.29, 1.82) is 0 Å². The summed E-state index contributed by atoms with van der Waals surface area (Å²) < 4.78 is 0. The van der Waals surface area contributed by atoms with E-state index in [1.54, 1.807) is 24.3 Å². The Morgan fingerprint density at radius 1 is 1.19 bits per heavy atom. The maximum absolute atomic E-state index is 12.5. The molecule has 0 saturated carbocycles. The predicted molar refractivity (Wildman–Crippen MR) is 111 cm³/mol. The molecule has 0 spiro atoms. The van der Waals surface area contributed by atoms with E-state index in [1.165, 1.54) is 0 Å².